The van der Waals surface area contributed by atoms with E-state index in [1.165, 1.54) is 58.3 Å². The normalized spacial score (nSPS) is 13.5. The maximum Gasteiger partial charge on any atom is 0.345 e. The van der Waals surface area contributed by atoms with Gasteiger partial charge in [0.15, 0.2) is 0 Å². The molecular formula is C20H38O4. The number of esters is 1. The van der Waals surface area contributed by atoms with E-state index in [9.17, 15) is 14.7 Å². The van der Waals surface area contributed by atoms with Crippen LogP contribution in [0.1, 0.15) is 104 Å². The monoisotopic (exact) mass is 342 g/mol. The Morgan fingerprint density at radius 3 is 1.71 bits per heavy atom. The molecule has 0 aliphatic heterocycles. The number of carboxylic acid groups (broad SMARTS) is 1. The van der Waals surface area contributed by atoms with Crippen molar-refractivity contribution in [3.05, 3.63) is 0 Å². The van der Waals surface area contributed by atoms with Crippen molar-refractivity contribution in [2.45, 2.75) is 110 Å². The fraction of sp³-hybridized carbons (Fsp3) is 0.900. The van der Waals surface area contributed by atoms with Crippen LogP contribution in [0.15, 0.2) is 0 Å². The molecule has 142 valence electrons. The summed E-state index contributed by atoms with van der Waals surface area (Å²) in [5, 5.41) is 9.30. The number of carbonyl (C=O) groups excluding carboxylic acids is 1. The van der Waals surface area contributed by atoms with Gasteiger partial charge in [-0.15, -0.1) is 0 Å². The molecule has 0 rings (SSSR count). The third kappa shape index (κ3) is 12.4. The first-order valence-corrected chi connectivity index (χ1v) is 9.92. The molecule has 24 heavy (non-hydrogen) atoms. The lowest BCUT2D eigenvalue weighted by Crippen LogP contribution is -2.34. The molecule has 4 heteroatoms. The van der Waals surface area contributed by atoms with Crippen LogP contribution in [0.5, 0.6) is 0 Å². The van der Waals surface area contributed by atoms with Gasteiger partial charge in [-0.25, -0.2) is 4.79 Å². The number of carbonyl (C=O) groups is 2. The minimum atomic E-state index is -1.02. The summed E-state index contributed by atoms with van der Waals surface area (Å²) in [5.74, 6) is -1.59. The molecule has 0 aromatic carbocycles. The Morgan fingerprint density at radius 2 is 1.29 bits per heavy atom. The smallest absolute Gasteiger partial charge is 0.345 e. The lowest BCUT2D eigenvalue weighted by atomic mass is 9.90. The second-order valence-electron chi connectivity index (χ2n) is 6.89. The Kier molecular flexibility index (Phi) is 14.8. The molecule has 0 aromatic heterocycles. The van der Waals surface area contributed by atoms with Gasteiger partial charge in [-0.05, 0) is 12.8 Å². The third-order valence-corrected chi connectivity index (χ3v) is 4.55. The highest BCUT2D eigenvalue weighted by Crippen LogP contribution is 2.23. The topological polar surface area (TPSA) is 63.6 Å². The predicted octanol–water partition coefficient (Wildman–Crippen LogP) is 5.73. The second kappa shape index (κ2) is 15.5. The van der Waals surface area contributed by atoms with Gasteiger partial charge in [0.1, 0.15) is 0 Å². The zero-order valence-corrected chi connectivity index (χ0v) is 16.0. The summed E-state index contributed by atoms with van der Waals surface area (Å²) >= 11 is 0. The Labute approximate surface area is 148 Å². The van der Waals surface area contributed by atoms with Crippen LogP contribution in [0.2, 0.25) is 0 Å². The molecule has 0 saturated carbocycles. The first-order valence-electron chi connectivity index (χ1n) is 9.92. The summed E-state index contributed by atoms with van der Waals surface area (Å²) in [4.78, 5) is 22.5. The van der Waals surface area contributed by atoms with Crippen molar-refractivity contribution in [3.63, 3.8) is 0 Å². The molecule has 1 N–H and O–H groups in total. The predicted molar refractivity (Wildman–Crippen MR) is 98.0 cm³/mol. The fourth-order valence-electron chi connectivity index (χ4n) is 3.24. The molecule has 0 fully saturated rings. The quantitative estimate of drug-likeness (QED) is 0.287. The average Bonchev–Trinajstić information content (AvgIpc) is 2.53. The summed E-state index contributed by atoms with van der Waals surface area (Å²) in [6.07, 6.45) is 14.2. The molecule has 0 amide bonds. The van der Waals surface area contributed by atoms with Crippen LogP contribution in [0.25, 0.3) is 0 Å². The number of carboxylic acids is 1. The average molecular weight is 343 g/mol. The van der Waals surface area contributed by atoms with Crippen molar-refractivity contribution in [1.29, 1.82) is 0 Å². The molecule has 2 unspecified atom stereocenters. The summed E-state index contributed by atoms with van der Waals surface area (Å²) in [7, 11) is 0. The first-order chi connectivity index (χ1) is 11.5. The van der Waals surface area contributed by atoms with E-state index >= 15 is 0 Å². The number of hydrogen-bond donors (Lipinski definition) is 1. The van der Waals surface area contributed by atoms with E-state index in [2.05, 4.69) is 6.92 Å². The van der Waals surface area contributed by atoms with Gasteiger partial charge in [-0.2, -0.15) is 0 Å². The highest BCUT2D eigenvalue weighted by atomic mass is 16.6. The standard InChI is InChI=1S/C20H38O4/c1-4-6-7-8-9-10-11-12-13-14-16-18(15-5-2)19(20(22)23)24-17(3)21/h18-19H,4-16H2,1-3H3,(H,22,23). The third-order valence-electron chi connectivity index (χ3n) is 4.55. The Morgan fingerprint density at radius 1 is 0.792 bits per heavy atom. The minimum Gasteiger partial charge on any atom is -0.478 e. The van der Waals surface area contributed by atoms with Crippen LogP contribution in [-0.4, -0.2) is 23.1 Å². The maximum atomic E-state index is 11.4. The van der Waals surface area contributed by atoms with Gasteiger partial charge in [0.05, 0.1) is 0 Å². The number of ether oxygens (including phenoxy) is 1. The largest absolute Gasteiger partial charge is 0.478 e. The maximum absolute atomic E-state index is 11.4. The van der Waals surface area contributed by atoms with Crippen molar-refractivity contribution in [3.8, 4) is 0 Å². The van der Waals surface area contributed by atoms with Gasteiger partial charge in [-0.3, -0.25) is 4.79 Å². The molecule has 0 radical (unpaired) electrons. The van der Waals surface area contributed by atoms with Gasteiger partial charge < -0.3 is 9.84 Å². The Bertz CT molecular complexity index is 328. The fourth-order valence-corrected chi connectivity index (χ4v) is 3.24. The summed E-state index contributed by atoms with van der Waals surface area (Å²) in [5.41, 5.74) is 0. The Hall–Kier alpha value is -1.06. The highest BCUT2D eigenvalue weighted by molar-refractivity contribution is 5.77. The van der Waals surface area contributed by atoms with Crippen molar-refractivity contribution in [2.75, 3.05) is 0 Å². The van der Waals surface area contributed by atoms with Crippen LogP contribution in [-0.2, 0) is 14.3 Å². The molecule has 0 spiro atoms. The highest BCUT2D eigenvalue weighted by Gasteiger charge is 2.29. The van der Waals surface area contributed by atoms with Gasteiger partial charge in [0.2, 0.25) is 6.10 Å². The molecule has 0 aromatic rings. The van der Waals surface area contributed by atoms with Gasteiger partial charge in [0.25, 0.3) is 0 Å². The van der Waals surface area contributed by atoms with Crippen LogP contribution in [0.3, 0.4) is 0 Å². The van der Waals surface area contributed by atoms with E-state index < -0.39 is 18.0 Å². The van der Waals surface area contributed by atoms with E-state index in [1.54, 1.807) is 0 Å². The number of aliphatic carboxylic acids is 1. The van der Waals surface area contributed by atoms with Gasteiger partial charge >= 0.3 is 11.9 Å². The van der Waals surface area contributed by atoms with E-state index in [0.29, 0.717) is 0 Å². The number of unbranched alkanes of at least 4 members (excludes halogenated alkanes) is 9. The molecule has 2 atom stereocenters. The Balaban J connectivity index is 3.91. The van der Waals surface area contributed by atoms with Crippen molar-refractivity contribution in [1.82, 2.24) is 0 Å². The van der Waals surface area contributed by atoms with Gasteiger partial charge in [0, 0.05) is 12.8 Å². The van der Waals surface area contributed by atoms with Crippen LogP contribution < -0.4 is 0 Å². The zero-order valence-electron chi connectivity index (χ0n) is 16.0. The summed E-state index contributed by atoms with van der Waals surface area (Å²) < 4.78 is 5.03. The van der Waals surface area contributed by atoms with Crippen molar-refractivity contribution >= 4 is 11.9 Å². The lowest BCUT2D eigenvalue weighted by molar-refractivity contribution is -0.166. The number of hydrogen-bond acceptors (Lipinski definition) is 3. The first kappa shape index (κ1) is 22.9. The summed E-state index contributed by atoms with van der Waals surface area (Å²) in [6.45, 7) is 5.56. The molecule has 0 saturated heterocycles. The summed E-state index contributed by atoms with van der Waals surface area (Å²) in [6, 6.07) is 0. The second-order valence-corrected chi connectivity index (χ2v) is 6.89. The van der Waals surface area contributed by atoms with Crippen molar-refractivity contribution in [2.24, 2.45) is 5.92 Å². The van der Waals surface area contributed by atoms with Gasteiger partial charge in [-0.1, -0.05) is 84.5 Å². The van der Waals surface area contributed by atoms with Crippen LogP contribution >= 0.6 is 0 Å². The van der Waals surface area contributed by atoms with E-state index in [0.717, 1.165) is 32.1 Å². The van der Waals surface area contributed by atoms with E-state index in [-0.39, 0.29) is 5.92 Å². The molecule has 0 bridgehead atoms. The van der Waals surface area contributed by atoms with Crippen molar-refractivity contribution < 1.29 is 19.4 Å². The SMILES string of the molecule is CCCCCCCCCCCCC(CCC)C(OC(C)=O)C(=O)O. The molecule has 0 aliphatic rings. The number of rotatable bonds is 16. The minimum absolute atomic E-state index is 0.0644. The zero-order chi connectivity index (χ0) is 18.2. The van der Waals surface area contributed by atoms with E-state index in [4.69, 9.17) is 4.74 Å². The molecular weight excluding hydrogens is 304 g/mol. The molecule has 0 heterocycles. The molecule has 0 aliphatic carbocycles. The lowest BCUT2D eigenvalue weighted by Gasteiger charge is -2.23. The van der Waals surface area contributed by atoms with E-state index in [1.807, 2.05) is 6.92 Å². The van der Waals surface area contributed by atoms with Crippen LogP contribution in [0.4, 0.5) is 0 Å². The molecule has 4 nitrogen and oxygen atoms in total. The van der Waals surface area contributed by atoms with Crippen LogP contribution in [0, 0.1) is 5.92 Å².